The Hall–Kier alpha value is -6.51. The zero-order chi connectivity index (χ0) is 44.2. The molecule has 15 heteroatoms. The van der Waals surface area contributed by atoms with Gasteiger partial charge in [-0.2, -0.15) is 0 Å². The third-order valence-corrected chi connectivity index (χ3v) is 11.2. The van der Waals surface area contributed by atoms with Crippen molar-refractivity contribution in [2.45, 2.75) is 96.8 Å². The fourth-order valence-electron chi connectivity index (χ4n) is 7.85. The number of carbonyl (C=O) groups excluding carboxylic acids is 6. The van der Waals surface area contributed by atoms with Gasteiger partial charge in [-0.1, -0.05) is 101 Å². The maximum Gasteiger partial charge on any atom is 0.326 e. The van der Waals surface area contributed by atoms with Crippen LogP contribution in [0.5, 0.6) is 0 Å². The summed E-state index contributed by atoms with van der Waals surface area (Å²) in [5.41, 5.74) is 5.48. The summed E-state index contributed by atoms with van der Waals surface area (Å²) in [6.45, 7) is 7.64. The van der Waals surface area contributed by atoms with E-state index >= 15 is 0 Å². The molecule has 1 heterocycles. The number of nitrogens with one attached hydrogen (secondary N) is 7. The summed E-state index contributed by atoms with van der Waals surface area (Å²) in [6, 6.07) is 18.6. The highest BCUT2D eigenvalue weighted by molar-refractivity contribution is 5.95. The number of carboxylic acids is 1. The van der Waals surface area contributed by atoms with Crippen molar-refractivity contribution in [1.29, 1.82) is 0 Å². The maximum absolute atomic E-state index is 14.2. The highest BCUT2D eigenvalue weighted by atomic mass is 16.4. The van der Waals surface area contributed by atoms with Gasteiger partial charge in [-0.3, -0.25) is 28.8 Å². The molecule has 4 aromatic rings. The van der Waals surface area contributed by atoms with Crippen molar-refractivity contribution < 1.29 is 38.7 Å². The van der Waals surface area contributed by atoms with E-state index in [2.05, 4.69) is 36.9 Å². The number of para-hydroxylation sites is 1. The minimum Gasteiger partial charge on any atom is -0.480 e. The number of rotatable bonds is 19. The van der Waals surface area contributed by atoms with Crippen LogP contribution < -0.4 is 31.9 Å². The molecule has 1 aliphatic carbocycles. The summed E-state index contributed by atoms with van der Waals surface area (Å²) < 4.78 is 0. The molecule has 324 valence electrons. The molecule has 1 aliphatic rings. The Kier molecular flexibility index (Phi) is 15.8. The van der Waals surface area contributed by atoms with E-state index in [-0.39, 0.29) is 24.7 Å². The predicted octanol–water partition coefficient (Wildman–Crippen LogP) is 3.01. The molecule has 0 aliphatic heterocycles. The van der Waals surface area contributed by atoms with Crippen LogP contribution in [0.25, 0.3) is 10.9 Å². The molecule has 61 heavy (non-hydrogen) atoms. The first-order chi connectivity index (χ1) is 29.2. The van der Waals surface area contributed by atoms with E-state index < -0.39 is 84.6 Å². The average molecular weight is 836 g/mol. The van der Waals surface area contributed by atoms with Crippen molar-refractivity contribution >= 4 is 52.3 Å². The molecule has 5 atom stereocenters. The molecule has 3 aromatic carbocycles. The summed E-state index contributed by atoms with van der Waals surface area (Å²) in [6.07, 6.45) is 3.94. The zero-order valence-corrected chi connectivity index (χ0v) is 35.3. The number of amides is 6. The van der Waals surface area contributed by atoms with Crippen molar-refractivity contribution in [3.05, 3.63) is 107 Å². The van der Waals surface area contributed by atoms with Crippen LogP contribution in [0.1, 0.15) is 81.2 Å². The summed E-state index contributed by atoms with van der Waals surface area (Å²) in [7, 11) is 0. The number of aromatic amines is 1. The molecule has 0 bridgehead atoms. The van der Waals surface area contributed by atoms with Crippen LogP contribution in [-0.2, 0) is 52.8 Å². The Morgan fingerprint density at radius 2 is 1.30 bits per heavy atom. The van der Waals surface area contributed by atoms with Crippen LogP contribution in [0.2, 0.25) is 0 Å². The van der Waals surface area contributed by atoms with Crippen LogP contribution >= 0.6 is 0 Å². The minimum atomic E-state index is -1.27. The molecule has 0 saturated heterocycles. The Balaban J connectivity index is 1.19. The monoisotopic (exact) mass is 835 g/mol. The number of carbonyl (C=O) groups is 7. The average Bonchev–Trinajstić information content (AvgIpc) is 3.56. The summed E-state index contributed by atoms with van der Waals surface area (Å²) in [5, 5.41) is 26.7. The first-order valence-corrected chi connectivity index (χ1v) is 20.8. The summed E-state index contributed by atoms with van der Waals surface area (Å²) in [5.74, 6) is -5.86. The van der Waals surface area contributed by atoms with Gasteiger partial charge in [0.25, 0.3) is 0 Å². The standard InChI is InChI=1S/C46H57N7O8/c1-6-27(4)41(44(58)52-37(46(60)61)22-31-23-47-35-18-12-11-15-32(31)35)53-39(56)25-48-38(55)24-49-43(57)36(21-26(2)3)51-45(59)42(50-28(5)54)40-33-16-9-7-13-29(33)19-20-30-14-8-10-17-34(30)40/h7-18,23,26-27,36-37,40-42,47H,6,19-22,24-25H2,1-5H3,(H,48,55)(H,49,57)(H,50,54)(H,51,59)(H,52,58)(H,53,56)(H,60,61)/t27-,36-,37-,41-,42+/m0/s1. The zero-order valence-electron chi connectivity index (χ0n) is 35.3. The van der Waals surface area contributed by atoms with E-state index in [1.54, 1.807) is 13.1 Å². The molecule has 0 radical (unpaired) electrons. The number of benzene rings is 3. The van der Waals surface area contributed by atoms with Crippen molar-refractivity contribution in [3.63, 3.8) is 0 Å². The Bertz CT molecular complexity index is 2190. The largest absolute Gasteiger partial charge is 0.480 e. The smallest absolute Gasteiger partial charge is 0.326 e. The van der Waals surface area contributed by atoms with Crippen molar-refractivity contribution in [2.24, 2.45) is 11.8 Å². The van der Waals surface area contributed by atoms with Crippen molar-refractivity contribution in [1.82, 2.24) is 36.9 Å². The lowest BCUT2D eigenvalue weighted by atomic mass is 9.82. The van der Waals surface area contributed by atoms with Crippen LogP contribution in [0.15, 0.2) is 79.0 Å². The molecule has 0 saturated carbocycles. The van der Waals surface area contributed by atoms with E-state index in [0.717, 1.165) is 46.0 Å². The van der Waals surface area contributed by atoms with Gasteiger partial charge in [0.2, 0.25) is 35.4 Å². The van der Waals surface area contributed by atoms with Gasteiger partial charge in [0, 0.05) is 36.4 Å². The van der Waals surface area contributed by atoms with Gasteiger partial charge >= 0.3 is 5.97 Å². The third-order valence-electron chi connectivity index (χ3n) is 11.2. The number of fused-ring (bicyclic) bond motifs is 3. The second-order valence-corrected chi connectivity index (χ2v) is 16.1. The highest BCUT2D eigenvalue weighted by Crippen LogP contribution is 2.37. The number of aryl methyl sites for hydroxylation is 2. The topological polar surface area (TPSA) is 228 Å². The van der Waals surface area contributed by atoms with E-state index in [9.17, 15) is 38.7 Å². The summed E-state index contributed by atoms with van der Waals surface area (Å²) in [4.78, 5) is 95.2. The fourth-order valence-corrected chi connectivity index (χ4v) is 7.85. The Morgan fingerprint density at radius 3 is 1.90 bits per heavy atom. The van der Waals surface area contributed by atoms with E-state index in [1.807, 2.05) is 93.6 Å². The van der Waals surface area contributed by atoms with E-state index in [0.29, 0.717) is 12.0 Å². The molecular formula is C46H57N7O8. The van der Waals surface area contributed by atoms with Gasteiger partial charge in [0.15, 0.2) is 0 Å². The first-order valence-electron chi connectivity index (χ1n) is 20.8. The Labute approximate surface area is 355 Å². The second-order valence-electron chi connectivity index (χ2n) is 16.1. The van der Waals surface area contributed by atoms with Crippen LogP contribution in [0, 0.1) is 11.8 Å². The molecule has 0 fully saturated rings. The maximum atomic E-state index is 14.2. The number of aromatic nitrogens is 1. The highest BCUT2D eigenvalue weighted by Gasteiger charge is 2.37. The summed E-state index contributed by atoms with van der Waals surface area (Å²) >= 11 is 0. The molecule has 0 spiro atoms. The number of H-pyrrole nitrogens is 1. The predicted molar refractivity (Wildman–Crippen MR) is 230 cm³/mol. The van der Waals surface area contributed by atoms with E-state index in [1.165, 1.54) is 6.92 Å². The van der Waals surface area contributed by atoms with Crippen molar-refractivity contribution in [3.8, 4) is 0 Å². The van der Waals surface area contributed by atoms with Gasteiger partial charge in [0.1, 0.15) is 24.2 Å². The van der Waals surface area contributed by atoms with Gasteiger partial charge in [-0.05, 0) is 65.0 Å². The fraction of sp³-hybridized carbons (Fsp3) is 0.413. The van der Waals surface area contributed by atoms with Crippen LogP contribution in [0.4, 0.5) is 0 Å². The quantitative estimate of drug-likeness (QED) is 0.0699. The van der Waals surface area contributed by atoms with Gasteiger partial charge in [-0.15, -0.1) is 0 Å². The van der Waals surface area contributed by atoms with Crippen molar-refractivity contribution in [2.75, 3.05) is 13.1 Å². The number of hydrogen-bond donors (Lipinski definition) is 8. The Morgan fingerprint density at radius 1 is 0.705 bits per heavy atom. The molecule has 1 aromatic heterocycles. The molecule has 0 unspecified atom stereocenters. The van der Waals surface area contributed by atoms with Gasteiger partial charge in [0.05, 0.1) is 13.1 Å². The molecule has 5 rings (SSSR count). The molecule has 8 N–H and O–H groups in total. The minimum absolute atomic E-state index is 0.00913. The normalized spacial score (nSPS) is 14.8. The molecule has 15 nitrogen and oxygen atoms in total. The van der Waals surface area contributed by atoms with Crippen LogP contribution in [0.3, 0.4) is 0 Å². The van der Waals surface area contributed by atoms with Gasteiger partial charge < -0.3 is 42.0 Å². The lowest BCUT2D eigenvalue weighted by molar-refractivity contribution is -0.142. The first kappa shape index (κ1) is 45.6. The van der Waals surface area contributed by atoms with Gasteiger partial charge in [-0.25, -0.2) is 4.79 Å². The van der Waals surface area contributed by atoms with E-state index in [4.69, 9.17) is 0 Å². The lowest BCUT2D eigenvalue weighted by Gasteiger charge is -2.31. The number of hydrogen-bond acceptors (Lipinski definition) is 7. The number of aliphatic carboxylic acids is 1. The molecule has 6 amide bonds. The SMILES string of the molecule is CC[C@H](C)[C@H](NC(=O)CNC(=O)CNC(=O)[C@H](CC(C)C)NC(=O)[C@H](NC(C)=O)C1c2ccccc2CCc2ccccc21)C(=O)N[C@@H](Cc1c[nH]c2ccccc12)C(=O)O. The third kappa shape index (κ3) is 12.0. The second kappa shape index (κ2) is 21.1. The molecular weight excluding hydrogens is 779 g/mol. The van der Waals surface area contributed by atoms with Crippen LogP contribution in [-0.4, -0.2) is 88.8 Å². The number of carboxylic acid groups (broad SMARTS) is 1. The lowest BCUT2D eigenvalue weighted by Crippen LogP contribution is -2.57.